The van der Waals surface area contributed by atoms with Crippen LogP contribution in [0, 0.1) is 0 Å². The van der Waals surface area contributed by atoms with Gasteiger partial charge in [-0.3, -0.25) is 4.90 Å². The highest BCUT2D eigenvalue weighted by atomic mass is 79.9. The van der Waals surface area contributed by atoms with Gasteiger partial charge in [0.1, 0.15) is 11.9 Å². The Hall–Kier alpha value is -1.32. The van der Waals surface area contributed by atoms with Crippen molar-refractivity contribution in [3.05, 3.63) is 65.7 Å². The summed E-state index contributed by atoms with van der Waals surface area (Å²) in [4.78, 5) is 2.46. The number of halogens is 1. The molecule has 0 bridgehead atoms. The van der Waals surface area contributed by atoms with Gasteiger partial charge in [0.05, 0.1) is 0 Å². The molecule has 0 saturated carbocycles. The first-order chi connectivity index (χ1) is 10.3. The Bertz CT molecular complexity index is 547. The molecule has 1 aliphatic rings. The second-order valence-electron chi connectivity index (χ2n) is 5.46. The number of ether oxygens (including phenoxy) is 1. The first-order valence-electron chi connectivity index (χ1n) is 7.42. The van der Waals surface area contributed by atoms with Crippen LogP contribution in [0.2, 0.25) is 0 Å². The minimum Gasteiger partial charge on any atom is -0.488 e. The summed E-state index contributed by atoms with van der Waals surface area (Å²) in [6.07, 6.45) is 1.29. The van der Waals surface area contributed by atoms with Crippen molar-refractivity contribution in [3.8, 4) is 5.75 Å². The lowest BCUT2D eigenvalue weighted by atomic mass is 10.1. The summed E-state index contributed by atoms with van der Waals surface area (Å²) < 4.78 is 6.06. The van der Waals surface area contributed by atoms with Gasteiger partial charge in [0.25, 0.3) is 0 Å². The van der Waals surface area contributed by atoms with Crippen molar-refractivity contribution in [2.45, 2.75) is 19.1 Å². The third kappa shape index (κ3) is 3.86. The molecule has 0 fully saturated rings. The summed E-state index contributed by atoms with van der Waals surface area (Å²) in [5.41, 5.74) is 2.69. The van der Waals surface area contributed by atoms with Crippen LogP contribution in [-0.4, -0.2) is 29.4 Å². The molecule has 0 aliphatic carbocycles. The summed E-state index contributed by atoms with van der Waals surface area (Å²) in [7, 11) is 0. The van der Waals surface area contributed by atoms with Gasteiger partial charge in [-0.25, -0.2) is 0 Å². The predicted octanol–water partition coefficient (Wildman–Crippen LogP) is 3.89. The van der Waals surface area contributed by atoms with Crippen LogP contribution in [0.5, 0.6) is 5.75 Å². The van der Waals surface area contributed by atoms with E-state index in [1.807, 2.05) is 6.07 Å². The van der Waals surface area contributed by atoms with Crippen molar-refractivity contribution >= 4 is 15.9 Å². The highest BCUT2D eigenvalue weighted by molar-refractivity contribution is 9.09. The zero-order valence-electron chi connectivity index (χ0n) is 12.0. The molecular weight excluding hydrogens is 326 g/mol. The molecule has 1 unspecified atom stereocenters. The molecule has 0 radical (unpaired) electrons. The SMILES string of the molecule is BrCCN(Cc1ccccc1)CC1Cc2ccccc2O1. The first-order valence-corrected chi connectivity index (χ1v) is 8.54. The van der Waals surface area contributed by atoms with E-state index >= 15 is 0 Å². The summed E-state index contributed by atoms with van der Waals surface area (Å²) in [5.74, 6) is 1.06. The number of fused-ring (bicyclic) bond motifs is 1. The van der Waals surface area contributed by atoms with E-state index in [2.05, 4.69) is 69.4 Å². The topological polar surface area (TPSA) is 12.5 Å². The van der Waals surface area contributed by atoms with Crippen molar-refractivity contribution in [2.75, 3.05) is 18.4 Å². The minimum absolute atomic E-state index is 0.269. The smallest absolute Gasteiger partial charge is 0.123 e. The van der Waals surface area contributed by atoms with Gasteiger partial charge in [0.15, 0.2) is 0 Å². The van der Waals surface area contributed by atoms with Crippen molar-refractivity contribution in [2.24, 2.45) is 0 Å². The van der Waals surface area contributed by atoms with Crippen LogP contribution in [0.25, 0.3) is 0 Å². The van der Waals surface area contributed by atoms with Gasteiger partial charge in [-0.1, -0.05) is 64.5 Å². The van der Waals surface area contributed by atoms with Gasteiger partial charge in [-0.2, -0.15) is 0 Å². The fourth-order valence-corrected chi connectivity index (χ4v) is 3.34. The maximum atomic E-state index is 6.06. The average molecular weight is 346 g/mol. The lowest BCUT2D eigenvalue weighted by Gasteiger charge is -2.24. The zero-order chi connectivity index (χ0) is 14.5. The van der Waals surface area contributed by atoms with E-state index in [9.17, 15) is 0 Å². The Morgan fingerprint density at radius 2 is 1.81 bits per heavy atom. The standard InChI is InChI=1S/C18H20BrNO/c19-10-11-20(13-15-6-2-1-3-7-15)14-17-12-16-8-4-5-9-18(16)21-17/h1-9,17H,10-14H2. The van der Waals surface area contributed by atoms with Crippen molar-refractivity contribution in [1.29, 1.82) is 0 Å². The number of para-hydroxylation sites is 1. The van der Waals surface area contributed by atoms with Crippen LogP contribution in [0.4, 0.5) is 0 Å². The quantitative estimate of drug-likeness (QED) is 0.736. The number of rotatable bonds is 6. The van der Waals surface area contributed by atoms with E-state index in [1.165, 1.54) is 11.1 Å². The summed E-state index contributed by atoms with van der Waals surface area (Å²) >= 11 is 3.56. The molecule has 1 aliphatic heterocycles. The van der Waals surface area contributed by atoms with Crippen LogP contribution in [0.15, 0.2) is 54.6 Å². The number of benzene rings is 2. The third-order valence-electron chi connectivity index (χ3n) is 3.83. The van der Waals surface area contributed by atoms with Gasteiger partial charge in [0.2, 0.25) is 0 Å². The fourth-order valence-electron chi connectivity index (χ4n) is 2.84. The number of hydrogen-bond acceptors (Lipinski definition) is 2. The van der Waals surface area contributed by atoms with E-state index in [0.717, 1.165) is 37.1 Å². The zero-order valence-corrected chi connectivity index (χ0v) is 13.6. The molecule has 1 heterocycles. The predicted molar refractivity (Wildman–Crippen MR) is 90.1 cm³/mol. The molecule has 110 valence electrons. The van der Waals surface area contributed by atoms with E-state index < -0.39 is 0 Å². The molecule has 1 atom stereocenters. The van der Waals surface area contributed by atoms with Gasteiger partial charge >= 0.3 is 0 Å². The van der Waals surface area contributed by atoms with Crippen molar-refractivity contribution in [1.82, 2.24) is 4.90 Å². The van der Waals surface area contributed by atoms with Crippen LogP contribution in [0.1, 0.15) is 11.1 Å². The molecule has 0 spiro atoms. The average Bonchev–Trinajstić information content (AvgIpc) is 2.90. The van der Waals surface area contributed by atoms with Crippen LogP contribution >= 0.6 is 15.9 Å². The highest BCUT2D eigenvalue weighted by Gasteiger charge is 2.24. The van der Waals surface area contributed by atoms with Crippen LogP contribution in [-0.2, 0) is 13.0 Å². The Labute approximate surface area is 134 Å². The Balaban J connectivity index is 1.61. The first kappa shape index (κ1) is 14.6. The van der Waals surface area contributed by atoms with Gasteiger partial charge in [-0.05, 0) is 17.2 Å². The van der Waals surface area contributed by atoms with Crippen molar-refractivity contribution in [3.63, 3.8) is 0 Å². The molecule has 21 heavy (non-hydrogen) atoms. The second kappa shape index (κ2) is 7.10. The van der Waals surface area contributed by atoms with Gasteiger partial charge in [0, 0.05) is 31.4 Å². The monoisotopic (exact) mass is 345 g/mol. The number of alkyl halides is 1. The second-order valence-corrected chi connectivity index (χ2v) is 6.25. The van der Waals surface area contributed by atoms with E-state index in [4.69, 9.17) is 4.74 Å². The molecule has 0 amide bonds. The molecule has 0 N–H and O–H groups in total. The number of nitrogens with zero attached hydrogens (tertiary/aromatic N) is 1. The van der Waals surface area contributed by atoms with Crippen molar-refractivity contribution < 1.29 is 4.74 Å². The van der Waals surface area contributed by atoms with E-state index in [0.29, 0.717) is 0 Å². The summed E-state index contributed by atoms with van der Waals surface area (Å²) in [6, 6.07) is 19.0. The molecule has 2 aromatic carbocycles. The van der Waals surface area contributed by atoms with Crippen LogP contribution in [0.3, 0.4) is 0 Å². The Morgan fingerprint density at radius 3 is 2.57 bits per heavy atom. The maximum absolute atomic E-state index is 6.06. The lowest BCUT2D eigenvalue weighted by molar-refractivity contribution is 0.151. The Kier molecular flexibility index (Phi) is 4.94. The molecule has 3 rings (SSSR count). The molecule has 2 nitrogen and oxygen atoms in total. The molecular formula is C18H20BrNO. The highest BCUT2D eigenvalue weighted by Crippen LogP contribution is 2.28. The summed E-state index contributed by atoms with van der Waals surface area (Å²) in [5, 5.41) is 0.986. The molecule has 3 heteroatoms. The van der Waals surface area contributed by atoms with E-state index in [1.54, 1.807) is 0 Å². The largest absolute Gasteiger partial charge is 0.488 e. The van der Waals surface area contributed by atoms with Gasteiger partial charge in [-0.15, -0.1) is 0 Å². The number of hydrogen-bond donors (Lipinski definition) is 0. The Morgan fingerprint density at radius 1 is 1.05 bits per heavy atom. The van der Waals surface area contributed by atoms with Gasteiger partial charge < -0.3 is 4.74 Å². The lowest BCUT2D eigenvalue weighted by Crippen LogP contribution is -2.35. The third-order valence-corrected chi connectivity index (χ3v) is 4.18. The molecule has 0 aromatic heterocycles. The maximum Gasteiger partial charge on any atom is 0.123 e. The molecule has 2 aromatic rings. The van der Waals surface area contributed by atoms with E-state index in [-0.39, 0.29) is 6.10 Å². The van der Waals surface area contributed by atoms with Crippen LogP contribution < -0.4 is 4.74 Å². The molecule has 0 saturated heterocycles. The summed E-state index contributed by atoms with van der Waals surface area (Å²) in [6.45, 7) is 2.98. The fraction of sp³-hybridized carbons (Fsp3) is 0.333. The minimum atomic E-state index is 0.269. The normalized spacial score (nSPS) is 16.8.